The smallest absolute Gasteiger partial charge is 0.278 e. The summed E-state index contributed by atoms with van der Waals surface area (Å²) in [4.78, 5) is 54.4. The van der Waals surface area contributed by atoms with E-state index in [0.29, 0.717) is 30.3 Å². The molecule has 1 aliphatic carbocycles. The number of nitrogens with one attached hydrogen (secondary N) is 3. The first kappa shape index (κ1) is 34.2. The summed E-state index contributed by atoms with van der Waals surface area (Å²) in [5.74, 6) is -0.680. The van der Waals surface area contributed by atoms with Crippen LogP contribution >= 0.6 is 27.3 Å². The highest BCUT2D eigenvalue weighted by atomic mass is 79.9. The number of para-hydroxylation sites is 1. The van der Waals surface area contributed by atoms with Gasteiger partial charge in [0.05, 0.1) is 22.8 Å². The molecule has 260 valence electrons. The molecule has 0 unspecified atom stereocenters. The largest absolute Gasteiger partial charge is 0.465 e. The second kappa shape index (κ2) is 15.3. The number of rotatable bonds is 8. The van der Waals surface area contributed by atoms with Crippen LogP contribution in [0.2, 0.25) is 0 Å². The molecule has 3 aromatic carbocycles. The van der Waals surface area contributed by atoms with Crippen molar-refractivity contribution in [2.24, 2.45) is 5.92 Å². The second-order valence-corrected chi connectivity index (χ2v) is 15.1. The average Bonchev–Trinajstić information content (AvgIpc) is 3.43. The van der Waals surface area contributed by atoms with Crippen molar-refractivity contribution in [2.45, 2.75) is 75.2 Å². The Balaban J connectivity index is 1.14. The molecular formula is C38H40BrN5O5S. The van der Waals surface area contributed by atoms with E-state index in [2.05, 4.69) is 43.1 Å². The number of hydrogen-bond acceptors (Lipinski definition) is 8. The van der Waals surface area contributed by atoms with Crippen LogP contribution in [0, 0.1) is 5.92 Å². The molecule has 1 aromatic heterocycles. The van der Waals surface area contributed by atoms with Gasteiger partial charge in [-0.25, -0.2) is 4.98 Å². The SMILES string of the molecule is O=C1N[C@]2(C(=O)NOc3ccccc3)C[C@H]2/C=C\CCCCC[C@H](NCc2ccccc2)C(=O)N2C[C@H](Oc3nc4ccc(Br)cc4s3)C[C@@H]12. The third-order valence-electron chi connectivity index (χ3n) is 9.64. The first-order valence-electron chi connectivity index (χ1n) is 17.2. The number of allylic oxidation sites excluding steroid dienone is 1. The molecule has 12 heteroatoms. The molecule has 0 radical (unpaired) electrons. The predicted molar refractivity (Wildman–Crippen MR) is 195 cm³/mol. The van der Waals surface area contributed by atoms with Gasteiger partial charge in [-0.3, -0.25) is 14.4 Å². The summed E-state index contributed by atoms with van der Waals surface area (Å²) in [7, 11) is 0. The number of fused-ring (bicyclic) bond motifs is 3. The maximum atomic E-state index is 14.5. The second-order valence-electron chi connectivity index (χ2n) is 13.2. The molecular weight excluding hydrogens is 718 g/mol. The number of amides is 3. The van der Waals surface area contributed by atoms with Crippen LogP contribution < -0.4 is 25.7 Å². The summed E-state index contributed by atoms with van der Waals surface area (Å²) in [5.41, 5.74) is 3.27. The molecule has 1 saturated carbocycles. The first-order valence-corrected chi connectivity index (χ1v) is 18.8. The number of thiazole rings is 1. The van der Waals surface area contributed by atoms with Gasteiger partial charge in [-0.15, -0.1) is 0 Å². The lowest BCUT2D eigenvalue weighted by Gasteiger charge is -2.30. The van der Waals surface area contributed by atoms with Gasteiger partial charge < -0.3 is 25.1 Å². The van der Waals surface area contributed by atoms with E-state index in [0.717, 1.165) is 45.9 Å². The average molecular weight is 759 g/mol. The number of benzene rings is 3. The number of hydrogen-bond donors (Lipinski definition) is 3. The number of hydroxylamine groups is 1. The fourth-order valence-electron chi connectivity index (χ4n) is 6.81. The minimum Gasteiger partial charge on any atom is -0.465 e. The fraction of sp³-hybridized carbons (Fsp3) is 0.368. The molecule has 3 N–H and O–H groups in total. The van der Waals surface area contributed by atoms with Crippen LogP contribution in [-0.2, 0) is 20.9 Å². The molecule has 0 spiro atoms. The van der Waals surface area contributed by atoms with Crippen LogP contribution in [0.5, 0.6) is 10.9 Å². The lowest BCUT2D eigenvalue weighted by molar-refractivity contribution is -0.142. The van der Waals surface area contributed by atoms with Crippen molar-refractivity contribution in [1.29, 1.82) is 0 Å². The zero-order valence-corrected chi connectivity index (χ0v) is 30.0. The highest BCUT2D eigenvalue weighted by molar-refractivity contribution is 9.10. The van der Waals surface area contributed by atoms with Gasteiger partial charge in [-0.1, -0.05) is 101 Å². The van der Waals surface area contributed by atoms with Crippen molar-refractivity contribution in [3.8, 4) is 10.9 Å². The Labute approximate surface area is 303 Å². The molecule has 2 fully saturated rings. The number of carbonyl (C=O) groups is 3. The minimum absolute atomic E-state index is 0.147. The summed E-state index contributed by atoms with van der Waals surface area (Å²) >= 11 is 4.94. The van der Waals surface area contributed by atoms with Crippen molar-refractivity contribution in [3.63, 3.8) is 0 Å². The normalized spacial score (nSPS) is 26.1. The minimum atomic E-state index is -1.19. The Bertz CT molecular complexity index is 1860. The lowest BCUT2D eigenvalue weighted by Crippen LogP contribution is -2.57. The molecule has 1 saturated heterocycles. The summed E-state index contributed by atoms with van der Waals surface area (Å²) in [5, 5.41) is 7.06. The molecule has 7 rings (SSSR count). The van der Waals surface area contributed by atoms with E-state index in [1.165, 1.54) is 11.3 Å². The van der Waals surface area contributed by atoms with Crippen molar-refractivity contribution >= 4 is 55.2 Å². The highest BCUT2D eigenvalue weighted by Crippen LogP contribution is 2.45. The molecule has 0 bridgehead atoms. The summed E-state index contributed by atoms with van der Waals surface area (Å²) in [6.07, 6.45) is 8.65. The topological polar surface area (TPSA) is 122 Å². The lowest BCUT2D eigenvalue weighted by atomic mass is 10.0. The zero-order chi connectivity index (χ0) is 34.5. The molecule has 5 atom stereocenters. The Kier molecular flexibility index (Phi) is 10.5. The van der Waals surface area contributed by atoms with E-state index in [-0.39, 0.29) is 30.7 Å². The van der Waals surface area contributed by atoms with Crippen LogP contribution in [0.25, 0.3) is 10.2 Å². The number of nitrogens with zero attached hydrogens (tertiary/aromatic N) is 2. The molecule has 10 nitrogen and oxygen atoms in total. The van der Waals surface area contributed by atoms with Crippen molar-refractivity contribution in [3.05, 3.63) is 101 Å². The summed E-state index contributed by atoms with van der Waals surface area (Å²) in [6, 6.07) is 23.5. The first-order chi connectivity index (χ1) is 24.4. The molecule has 4 aromatic rings. The van der Waals surface area contributed by atoms with Crippen molar-refractivity contribution < 1.29 is 24.0 Å². The zero-order valence-electron chi connectivity index (χ0n) is 27.6. The van der Waals surface area contributed by atoms with Crippen LogP contribution in [0.3, 0.4) is 0 Å². The monoisotopic (exact) mass is 757 g/mol. The predicted octanol–water partition coefficient (Wildman–Crippen LogP) is 6.07. The van der Waals surface area contributed by atoms with Gasteiger partial charge in [0.25, 0.3) is 11.1 Å². The number of aromatic nitrogens is 1. The van der Waals surface area contributed by atoms with Gasteiger partial charge in [0.1, 0.15) is 17.7 Å². The van der Waals surface area contributed by atoms with Gasteiger partial charge in [-0.05, 0) is 61.6 Å². The van der Waals surface area contributed by atoms with Gasteiger partial charge in [0.2, 0.25) is 11.8 Å². The van der Waals surface area contributed by atoms with E-state index < -0.39 is 29.6 Å². The molecule has 3 amide bonds. The van der Waals surface area contributed by atoms with E-state index >= 15 is 0 Å². The van der Waals surface area contributed by atoms with E-state index in [1.807, 2.05) is 72.8 Å². The molecule has 50 heavy (non-hydrogen) atoms. The van der Waals surface area contributed by atoms with Gasteiger partial charge >= 0.3 is 0 Å². The quantitative estimate of drug-likeness (QED) is 0.147. The van der Waals surface area contributed by atoms with Crippen molar-refractivity contribution in [2.75, 3.05) is 6.54 Å². The van der Waals surface area contributed by atoms with Crippen LogP contribution in [-0.4, -0.2) is 57.9 Å². The maximum absolute atomic E-state index is 14.5. The highest BCUT2D eigenvalue weighted by Gasteiger charge is 2.61. The van der Waals surface area contributed by atoms with Crippen LogP contribution in [0.15, 0.2) is 95.5 Å². The Morgan fingerprint density at radius 1 is 1.04 bits per heavy atom. The molecule has 3 aliphatic rings. The Hall–Kier alpha value is -4.26. The third kappa shape index (κ3) is 7.87. The van der Waals surface area contributed by atoms with Gasteiger partial charge in [0.15, 0.2) is 5.75 Å². The summed E-state index contributed by atoms with van der Waals surface area (Å²) < 4.78 is 8.31. The molecule has 2 aliphatic heterocycles. The summed E-state index contributed by atoms with van der Waals surface area (Å²) in [6.45, 7) is 0.748. The van der Waals surface area contributed by atoms with E-state index in [1.54, 1.807) is 17.0 Å². The van der Waals surface area contributed by atoms with Crippen LogP contribution in [0.4, 0.5) is 0 Å². The van der Waals surface area contributed by atoms with Crippen molar-refractivity contribution in [1.82, 2.24) is 26.0 Å². The maximum Gasteiger partial charge on any atom is 0.278 e. The molecule has 3 heterocycles. The van der Waals surface area contributed by atoms with E-state index in [4.69, 9.17) is 9.57 Å². The van der Waals surface area contributed by atoms with Crippen LogP contribution in [0.1, 0.15) is 50.5 Å². The number of ether oxygens (including phenoxy) is 1. The van der Waals surface area contributed by atoms with Gasteiger partial charge in [0, 0.05) is 23.4 Å². The number of halogens is 1. The Morgan fingerprint density at radius 3 is 2.66 bits per heavy atom. The fourth-order valence-corrected chi connectivity index (χ4v) is 8.25. The number of carbonyl (C=O) groups excluding carboxylic acids is 3. The van der Waals surface area contributed by atoms with Gasteiger partial charge in [-0.2, -0.15) is 5.48 Å². The standard InChI is InChI=1S/C38H40BrN5O5S/c39-27-18-19-30-33(20-27)50-37(41-30)48-29-21-32-34(45)42-38(36(47)43-49-28-15-9-5-10-16-28)22-26(38)14-8-2-1-3-11-17-31(35(46)44(32)24-29)40-23-25-12-6-4-7-13-25/h4-10,12-16,18-20,26,29,31-32,40H,1-3,11,17,21-24H2,(H,42,45)(H,43,47)/b14-8-/t26-,29-,31+,32+,38-/m1/s1. The van der Waals surface area contributed by atoms with E-state index in [9.17, 15) is 14.4 Å². The third-order valence-corrected chi connectivity index (χ3v) is 11.0. The Morgan fingerprint density at radius 2 is 1.84 bits per heavy atom.